The number of halogens is 1. The highest BCUT2D eigenvalue weighted by Crippen LogP contribution is 2.16. The molecule has 5 heteroatoms. The van der Waals surface area contributed by atoms with E-state index in [1.807, 2.05) is 12.4 Å². The standard InChI is InChI=1S/C13H17BrN4/c1-9-6-12(14)8-16-13(9)15-5-3-4-11-7-17-18-10(11)2/h6-8H,3-5H2,1-2H3,(H,15,16)(H,17,18). The molecule has 4 nitrogen and oxygen atoms in total. The SMILES string of the molecule is Cc1cc(Br)cnc1NCCCc1cn[nH]c1C. The van der Waals surface area contributed by atoms with Gasteiger partial charge in [-0.05, 0) is 59.8 Å². The highest BCUT2D eigenvalue weighted by molar-refractivity contribution is 9.10. The van der Waals surface area contributed by atoms with Gasteiger partial charge in [-0.3, -0.25) is 5.10 Å². The Morgan fingerprint density at radius 3 is 2.83 bits per heavy atom. The van der Waals surface area contributed by atoms with Gasteiger partial charge in [0, 0.05) is 22.9 Å². The lowest BCUT2D eigenvalue weighted by Gasteiger charge is -2.08. The number of nitrogens with one attached hydrogen (secondary N) is 2. The van der Waals surface area contributed by atoms with Gasteiger partial charge >= 0.3 is 0 Å². The van der Waals surface area contributed by atoms with Gasteiger partial charge in [0.25, 0.3) is 0 Å². The molecular weight excluding hydrogens is 292 g/mol. The Hall–Kier alpha value is -1.36. The molecule has 0 saturated carbocycles. The first-order valence-corrected chi connectivity index (χ1v) is 6.81. The normalized spacial score (nSPS) is 10.6. The van der Waals surface area contributed by atoms with Crippen molar-refractivity contribution < 1.29 is 0 Å². The molecule has 0 spiro atoms. The zero-order valence-corrected chi connectivity index (χ0v) is 12.2. The van der Waals surface area contributed by atoms with E-state index in [9.17, 15) is 0 Å². The average Bonchev–Trinajstić information content (AvgIpc) is 2.73. The van der Waals surface area contributed by atoms with Crippen molar-refractivity contribution in [3.63, 3.8) is 0 Å². The number of hydrogen-bond donors (Lipinski definition) is 2. The largest absolute Gasteiger partial charge is 0.370 e. The Bertz CT molecular complexity index is 521. The van der Waals surface area contributed by atoms with Gasteiger partial charge in [0.15, 0.2) is 0 Å². The summed E-state index contributed by atoms with van der Waals surface area (Å²) in [6.07, 6.45) is 5.82. The molecule has 2 heterocycles. The van der Waals surface area contributed by atoms with E-state index in [2.05, 4.69) is 56.3 Å². The van der Waals surface area contributed by atoms with Crippen molar-refractivity contribution in [3.8, 4) is 0 Å². The highest BCUT2D eigenvalue weighted by atomic mass is 79.9. The van der Waals surface area contributed by atoms with Gasteiger partial charge in [-0.2, -0.15) is 5.10 Å². The number of nitrogens with zero attached hydrogens (tertiary/aromatic N) is 2. The minimum atomic E-state index is 0.917. The van der Waals surface area contributed by atoms with E-state index in [0.29, 0.717) is 0 Å². The summed E-state index contributed by atoms with van der Waals surface area (Å²) in [4.78, 5) is 4.35. The van der Waals surface area contributed by atoms with Crippen LogP contribution < -0.4 is 5.32 Å². The predicted octanol–water partition coefficient (Wildman–Crippen LogP) is 3.23. The molecule has 18 heavy (non-hydrogen) atoms. The molecule has 0 amide bonds. The van der Waals surface area contributed by atoms with Gasteiger partial charge in [0.2, 0.25) is 0 Å². The maximum absolute atomic E-state index is 4.35. The lowest BCUT2D eigenvalue weighted by Crippen LogP contribution is -2.06. The molecule has 0 fully saturated rings. The second-order valence-electron chi connectivity index (χ2n) is 4.37. The zero-order chi connectivity index (χ0) is 13.0. The molecule has 0 bridgehead atoms. The van der Waals surface area contributed by atoms with Gasteiger partial charge in [-0.25, -0.2) is 4.98 Å². The molecule has 0 aliphatic rings. The number of H-pyrrole nitrogens is 1. The number of rotatable bonds is 5. The van der Waals surface area contributed by atoms with Crippen LogP contribution in [0.4, 0.5) is 5.82 Å². The van der Waals surface area contributed by atoms with Crippen LogP contribution in [0.1, 0.15) is 23.2 Å². The van der Waals surface area contributed by atoms with E-state index >= 15 is 0 Å². The Balaban J connectivity index is 1.80. The molecular formula is C13H17BrN4. The average molecular weight is 309 g/mol. The first kappa shape index (κ1) is 13.1. The van der Waals surface area contributed by atoms with Crippen LogP contribution in [-0.4, -0.2) is 21.7 Å². The minimum Gasteiger partial charge on any atom is -0.370 e. The summed E-state index contributed by atoms with van der Waals surface area (Å²) in [5.41, 5.74) is 3.61. The van der Waals surface area contributed by atoms with Crippen molar-refractivity contribution in [2.24, 2.45) is 0 Å². The summed E-state index contributed by atoms with van der Waals surface area (Å²) in [7, 11) is 0. The van der Waals surface area contributed by atoms with E-state index in [1.165, 1.54) is 5.56 Å². The molecule has 0 saturated heterocycles. The van der Waals surface area contributed by atoms with Gasteiger partial charge in [0.1, 0.15) is 5.82 Å². The fourth-order valence-electron chi connectivity index (χ4n) is 1.84. The van der Waals surface area contributed by atoms with Crippen molar-refractivity contribution in [1.29, 1.82) is 0 Å². The molecule has 2 N–H and O–H groups in total. The fraction of sp³-hybridized carbons (Fsp3) is 0.385. The number of anilines is 1. The number of aryl methyl sites for hydroxylation is 3. The lowest BCUT2D eigenvalue weighted by molar-refractivity contribution is 0.852. The lowest BCUT2D eigenvalue weighted by atomic mass is 10.1. The second kappa shape index (κ2) is 6.00. The zero-order valence-electron chi connectivity index (χ0n) is 10.6. The third-order valence-electron chi connectivity index (χ3n) is 2.89. The van der Waals surface area contributed by atoms with Crippen molar-refractivity contribution in [3.05, 3.63) is 39.8 Å². The summed E-state index contributed by atoms with van der Waals surface area (Å²) in [6.45, 7) is 5.02. The fourth-order valence-corrected chi connectivity index (χ4v) is 2.28. The quantitative estimate of drug-likeness (QED) is 0.834. The Morgan fingerprint density at radius 2 is 2.17 bits per heavy atom. The Kier molecular flexibility index (Phi) is 4.36. The molecule has 2 aromatic rings. The Labute approximate surface area is 115 Å². The third-order valence-corrected chi connectivity index (χ3v) is 3.33. The topological polar surface area (TPSA) is 53.6 Å². The van der Waals surface area contributed by atoms with Crippen LogP contribution in [0.2, 0.25) is 0 Å². The smallest absolute Gasteiger partial charge is 0.128 e. The summed E-state index contributed by atoms with van der Waals surface area (Å²) < 4.78 is 1.01. The molecule has 0 aliphatic heterocycles. The van der Waals surface area contributed by atoms with E-state index < -0.39 is 0 Å². The van der Waals surface area contributed by atoms with Gasteiger partial charge < -0.3 is 5.32 Å². The van der Waals surface area contributed by atoms with Gasteiger partial charge in [-0.15, -0.1) is 0 Å². The van der Waals surface area contributed by atoms with Gasteiger partial charge in [-0.1, -0.05) is 0 Å². The minimum absolute atomic E-state index is 0.917. The van der Waals surface area contributed by atoms with E-state index in [4.69, 9.17) is 0 Å². The molecule has 0 unspecified atom stereocenters. The molecule has 2 aromatic heterocycles. The van der Waals surface area contributed by atoms with Crippen molar-refractivity contribution in [1.82, 2.24) is 15.2 Å². The monoisotopic (exact) mass is 308 g/mol. The maximum atomic E-state index is 4.35. The third kappa shape index (κ3) is 3.32. The number of aromatic amines is 1. The number of hydrogen-bond acceptors (Lipinski definition) is 3. The van der Waals surface area contributed by atoms with Gasteiger partial charge in [0.05, 0.1) is 6.20 Å². The van der Waals surface area contributed by atoms with Crippen molar-refractivity contribution in [2.75, 3.05) is 11.9 Å². The van der Waals surface area contributed by atoms with Crippen molar-refractivity contribution >= 4 is 21.7 Å². The molecule has 0 radical (unpaired) electrons. The highest BCUT2D eigenvalue weighted by Gasteiger charge is 2.02. The van der Waals surface area contributed by atoms with E-state index in [1.54, 1.807) is 0 Å². The van der Waals surface area contributed by atoms with Crippen LogP contribution >= 0.6 is 15.9 Å². The maximum Gasteiger partial charge on any atom is 0.128 e. The summed E-state index contributed by atoms with van der Waals surface area (Å²) >= 11 is 3.41. The molecule has 0 atom stereocenters. The number of aromatic nitrogens is 3. The molecule has 96 valence electrons. The second-order valence-corrected chi connectivity index (χ2v) is 5.29. The summed E-state index contributed by atoms with van der Waals surface area (Å²) in [6, 6.07) is 2.07. The van der Waals surface area contributed by atoms with Crippen LogP contribution in [0.25, 0.3) is 0 Å². The molecule has 0 aliphatic carbocycles. The van der Waals surface area contributed by atoms with Crippen molar-refractivity contribution in [2.45, 2.75) is 26.7 Å². The summed E-state index contributed by atoms with van der Waals surface area (Å²) in [5, 5.41) is 10.3. The van der Waals surface area contributed by atoms with Crippen LogP contribution in [0.15, 0.2) is 22.9 Å². The predicted molar refractivity (Wildman–Crippen MR) is 76.8 cm³/mol. The van der Waals surface area contributed by atoms with E-state index in [-0.39, 0.29) is 0 Å². The van der Waals surface area contributed by atoms with Crippen LogP contribution in [-0.2, 0) is 6.42 Å². The van der Waals surface area contributed by atoms with Crippen LogP contribution in [0, 0.1) is 13.8 Å². The Morgan fingerprint density at radius 1 is 1.33 bits per heavy atom. The van der Waals surface area contributed by atoms with E-state index in [0.717, 1.165) is 40.9 Å². The summed E-state index contributed by atoms with van der Waals surface area (Å²) in [5.74, 6) is 0.960. The first-order chi connectivity index (χ1) is 8.66. The number of pyridine rings is 1. The molecule has 0 aromatic carbocycles. The van der Waals surface area contributed by atoms with Crippen LogP contribution in [0.5, 0.6) is 0 Å². The molecule has 2 rings (SSSR count). The first-order valence-electron chi connectivity index (χ1n) is 6.01. The van der Waals surface area contributed by atoms with Crippen LogP contribution in [0.3, 0.4) is 0 Å².